The predicted molar refractivity (Wildman–Crippen MR) is 66.2 cm³/mol. The van der Waals surface area contributed by atoms with Gasteiger partial charge in [-0.05, 0) is 33.6 Å². The number of nitrogens with two attached hydrogens (primary N) is 1. The van der Waals surface area contributed by atoms with Crippen molar-refractivity contribution in [2.24, 2.45) is 5.73 Å². The first-order chi connectivity index (χ1) is 7.99. The summed E-state index contributed by atoms with van der Waals surface area (Å²) in [6, 6.07) is 1.85. The standard InChI is InChI=1S/C13H20N2O2/c1-13(2,3)17-12-10(8-14)15-7-6-11(12)16-9-4-5-9/h6-7,9H,4-5,8,14H2,1-3H3. The van der Waals surface area contributed by atoms with Crippen LogP contribution in [0.4, 0.5) is 0 Å². The van der Waals surface area contributed by atoms with Gasteiger partial charge in [-0.1, -0.05) is 0 Å². The number of aromatic nitrogens is 1. The molecule has 1 aliphatic carbocycles. The minimum Gasteiger partial charge on any atom is -0.486 e. The Morgan fingerprint density at radius 2 is 2.12 bits per heavy atom. The highest BCUT2D eigenvalue weighted by molar-refractivity contribution is 5.43. The molecule has 1 heterocycles. The van der Waals surface area contributed by atoms with E-state index in [0.29, 0.717) is 18.4 Å². The molecule has 0 spiro atoms. The topological polar surface area (TPSA) is 57.4 Å². The zero-order valence-corrected chi connectivity index (χ0v) is 10.7. The summed E-state index contributed by atoms with van der Waals surface area (Å²) in [5.41, 5.74) is 6.15. The molecule has 0 bridgehead atoms. The Labute approximate surface area is 102 Å². The van der Waals surface area contributed by atoms with Gasteiger partial charge in [-0.3, -0.25) is 4.98 Å². The average Bonchev–Trinajstić information content (AvgIpc) is 3.02. The van der Waals surface area contributed by atoms with Crippen molar-refractivity contribution < 1.29 is 9.47 Å². The molecule has 0 saturated heterocycles. The summed E-state index contributed by atoms with van der Waals surface area (Å²) in [5, 5.41) is 0. The second-order valence-corrected chi connectivity index (χ2v) is 5.32. The van der Waals surface area contributed by atoms with Gasteiger partial charge < -0.3 is 15.2 Å². The first-order valence-corrected chi connectivity index (χ1v) is 6.03. The average molecular weight is 236 g/mol. The Kier molecular flexibility index (Phi) is 3.24. The fourth-order valence-corrected chi connectivity index (χ4v) is 1.49. The number of hydrogen-bond donors (Lipinski definition) is 1. The fraction of sp³-hybridized carbons (Fsp3) is 0.615. The molecule has 0 amide bonds. The normalized spacial score (nSPS) is 15.8. The molecular formula is C13H20N2O2. The highest BCUT2D eigenvalue weighted by Gasteiger charge is 2.27. The third-order valence-corrected chi connectivity index (χ3v) is 2.36. The summed E-state index contributed by atoms with van der Waals surface area (Å²) in [6.45, 7) is 6.36. The monoisotopic (exact) mass is 236 g/mol. The van der Waals surface area contributed by atoms with Crippen molar-refractivity contribution in [3.8, 4) is 11.5 Å². The maximum Gasteiger partial charge on any atom is 0.184 e. The van der Waals surface area contributed by atoms with Gasteiger partial charge in [0.15, 0.2) is 11.5 Å². The van der Waals surface area contributed by atoms with Crippen molar-refractivity contribution in [3.63, 3.8) is 0 Å². The van der Waals surface area contributed by atoms with Gasteiger partial charge in [0.2, 0.25) is 0 Å². The van der Waals surface area contributed by atoms with Crippen LogP contribution in [0.25, 0.3) is 0 Å². The molecule has 0 atom stereocenters. The van der Waals surface area contributed by atoms with Gasteiger partial charge in [0.1, 0.15) is 5.60 Å². The maximum atomic E-state index is 5.92. The summed E-state index contributed by atoms with van der Waals surface area (Å²) in [4.78, 5) is 4.24. The second-order valence-electron chi connectivity index (χ2n) is 5.32. The first kappa shape index (κ1) is 12.2. The maximum absolute atomic E-state index is 5.92. The quantitative estimate of drug-likeness (QED) is 0.871. The van der Waals surface area contributed by atoms with Crippen LogP contribution in [-0.2, 0) is 6.54 Å². The van der Waals surface area contributed by atoms with Gasteiger partial charge in [0.05, 0.1) is 11.8 Å². The minimum atomic E-state index is -0.283. The summed E-state index contributed by atoms with van der Waals surface area (Å²) >= 11 is 0. The number of rotatable bonds is 4. The first-order valence-electron chi connectivity index (χ1n) is 6.03. The Morgan fingerprint density at radius 3 is 2.65 bits per heavy atom. The number of hydrogen-bond acceptors (Lipinski definition) is 4. The van der Waals surface area contributed by atoms with E-state index < -0.39 is 0 Å². The van der Waals surface area contributed by atoms with E-state index in [-0.39, 0.29) is 5.60 Å². The van der Waals surface area contributed by atoms with Crippen molar-refractivity contribution in [1.82, 2.24) is 4.98 Å². The van der Waals surface area contributed by atoms with Gasteiger partial charge in [-0.2, -0.15) is 0 Å². The number of nitrogens with zero attached hydrogens (tertiary/aromatic N) is 1. The van der Waals surface area contributed by atoms with E-state index in [9.17, 15) is 0 Å². The van der Waals surface area contributed by atoms with Crippen molar-refractivity contribution in [3.05, 3.63) is 18.0 Å². The molecule has 4 heteroatoms. The zero-order valence-electron chi connectivity index (χ0n) is 10.7. The van der Waals surface area contributed by atoms with Crippen LogP contribution in [-0.4, -0.2) is 16.7 Å². The predicted octanol–water partition coefficient (Wildman–Crippen LogP) is 2.26. The van der Waals surface area contributed by atoms with Crippen molar-refractivity contribution in [1.29, 1.82) is 0 Å². The van der Waals surface area contributed by atoms with E-state index in [1.807, 2.05) is 26.8 Å². The lowest BCUT2D eigenvalue weighted by atomic mass is 10.2. The molecule has 1 aliphatic rings. The summed E-state index contributed by atoms with van der Waals surface area (Å²) in [7, 11) is 0. The van der Waals surface area contributed by atoms with Crippen LogP contribution in [0.5, 0.6) is 11.5 Å². The van der Waals surface area contributed by atoms with Crippen LogP contribution in [0, 0.1) is 0 Å². The Hall–Kier alpha value is -1.29. The summed E-state index contributed by atoms with van der Waals surface area (Å²) < 4.78 is 11.7. The molecule has 2 N–H and O–H groups in total. The van der Waals surface area contributed by atoms with Crippen LogP contribution in [0.1, 0.15) is 39.3 Å². The lowest BCUT2D eigenvalue weighted by Gasteiger charge is -2.24. The molecule has 2 rings (SSSR count). The molecule has 17 heavy (non-hydrogen) atoms. The molecule has 4 nitrogen and oxygen atoms in total. The zero-order chi connectivity index (χ0) is 12.5. The van der Waals surface area contributed by atoms with E-state index in [0.717, 1.165) is 24.3 Å². The van der Waals surface area contributed by atoms with Gasteiger partial charge in [0.25, 0.3) is 0 Å². The Bertz CT molecular complexity index is 395. The highest BCUT2D eigenvalue weighted by Crippen LogP contribution is 2.36. The smallest absolute Gasteiger partial charge is 0.184 e. The minimum absolute atomic E-state index is 0.283. The molecule has 1 saturated carbocycles. The third kappa shape index (κ3) is 3.33. The molecule has 1 fully saturated rings. The SMILES string of the molecule is CC(C)(C)Oc1c(OC2CC2)ccnc1CN. The van der Waals surface area contributed by atoms with E-state index in [4.69, 9.17) is 15.2 Å². The largest absolute Gasteiger partial charge is 0.486 e. The van der Waals surface area contributed by atoms with Gasteiger partial charge in [-0.25, -0.2) is 0 Å². The fourth-order valence-electron chi connectivity index (χ4n) is 1.49. The Morgan fingerprint density at radius 1 is 1.41 bits per heavy atom. The van der Waals surface area contributed by atoms with Crippen molar-refractivity contribution in [2.75, 3.05) is 0 Å². The van der Waals surface area contributed by atoms with E-state index in [1.165, 1.54) is 0 Å². The van der Waals surface area contributed by atoms with E-state index in [2.05, 4.69) is 4.98 Å². The van der Waals surface area contributed by atoms with Gasteiger partial charge in [-0.15, -0.1) is 0 Å². The molecule has 94 valence electrons. The molecule has 0 radical (unpaired) electrons. The summed E-state index contributed by atoms with van der Waals surface area (Å²) in [5.74, 6) is 1.45. The molecule has 0 aromatic carbocycles. The second kappa shape index (κ2) is 4.53. The third-order valence-electron chi connectivity index (χ3n) is 2.36. The molecule has 0 unspecified atom stereocenters. The number of ether oxygens (including phenoxy) is 2. The van der Waals surface area contributed by atoms with Gasteiger partial charge >= 0.3 is 0 Å². The van der Waals surface area contributed by atoms with Crippen LogP contribution in [0.15, 0.2) is 12.3 Å². The number of pyridine rings is 1. The van der Waals surface area contributed by atoms with Crippen molar-refractivity contribution >= 4 is 0 Å². The van der Waals surface area contributed by atoms with Crippen molar-refractivity contribution in [2.45, 2.75) is 51.9 Å². The molecule has 1 aromatic heterocycles. The molecule has 0 aliphatic heterocycles. The lowest BCUT2D eigenvalue weighted by molar-refractivity contribution is 0.120. The lowest BCUT2D eigenvalue weighted by Crippen LogP contribution is -2.25. The molecular weight excluding hydrogens is 216 g/mol. The van der Waals surface area contributed by atoms with Crippen LogP contribution < -0.4 is 15.2 Å². The van der Waals surface area contributed by atoms with Crippen LogP contribution in [0.3, 0.4) is 0 Å². The Balaban J connectivity index is 2.28. The van der Waals surface area contributed by atoms with E-state index in [1.54, 1.807) is 6.20 Å². The van der Waals surface area contributed by atoms with E-state index >= 15 is 0 Å². The van der Waals surface area contributed by atoms with Crippen LogP contribution in [0.2, 0.25) is 0 Å². The highest BCUT2D eigenvalue weighted by atomic mass is 16.5. The van der Waals surface area contributed by atoms with Gasteiger partial charge in [0, 0.05) is 18.8 Å². The molecule has 1 aromatic rings. The summed E-state index contributed by atoms with van der Waals surface area (Å²) in [6.07, 6.45) is 4.30. The van der Waals surface area contributed by atoms with Crippen LogP contribution >= 0.6 is 0 Å².